The molecule has 0 radical (unpaired) electrons. The summed E-state index contributed by atoms with van der Waals surface area (Å²) in [4.78, 5) is 13.4. The van der Waals surface area contributed by atoms with Gasteiger partial charge in [0.2, 0.25) is 0 Å². The molecule has 86 valence electrons. The number of hydrogen-bond donors (Lipinski definition) is 1. The number of aromatic amines is 1. The maximum atomic E-state index is 12.0. The topological polar surface area (TPSA) is 65.9 Å². The maximum absolute atomic E-state index is 12.0. The molecule has 0 amide bonds. The van der Waals surface area contributed by atoms with Gasteiger partial charge >= 0.3 is 6.36 Å². The zero-order valence-corrected chi connectivity index (χ0v) is 8.18. The van der Waals surface area contributed by atoms with E-state index in [1.54, 1.807) is 6.07 Å². The molecule has 1 aromatic heterocycles. The monoisotopic (exact) mass is 232 g/mol. The Hall–Kier alpha value is -1.97. The van der Waals surface area contributed by atoms with Crippen molar-refractivity contribution < 1.29 is 17.9 Å². The van der Waals surface area contributed by atoms with Crippen LogP contribution in [0.4, 0.5) is 13.2 Å². The van der Waals surface area contributed by atoms with Gasteiger partial charge in [0, 0.05) is 11.3 Å². The second kappa shape index (κ2) is 4.26. The van der Waals surface area contributed by atoms with E-state index in [-0.39, 0.29) is 12.0 Å². The number of pyridine rings is 1. The first-order valence-electron chi connectivity index (χ1n) is 4.19. The van der Waals surface area contributed by atoms with E-state index in [9.17, 15) is 18.0 Å². The van der Waals surface area contributed by atoms with Gasteiger partial charge in [-0.25, -0.2) is 0 Å². The summed E-state index contributed by atoms with van der Waals surface area (Å²) in [5.41, 5.74) is -0.714. The van der Waals surface area contributed by atoms with Crippen molar-refractivity contribution in [1.82, 2.24) is 4.98 Å². The third-order valence-electron chi connectivity index (χ3n) is 1.69. The number of halogens is 3. The number of aryl methyl sites for hydroxylation is 1. The summed E-state index contributed by atoms with van der Waals surface area (Å²) >= 11 is 0. The minimum absolute atomic E-state index is 0.0823. The highest BCUT2D eigenvalue weighted by atomic mass is 19.4. The second-order valence-corrected chi connectivity index (χ2v) is 3.02. The van der Waals surface area contributed by atoms with Crippen LogP contribution in [0.1, 0.15) is 11.3 Å². The number of H-pyrrole nitrogens is 1. The Morgan fingerprint density at radius 1 is 1.56 bits per heavy atom. The number of nitrogens with zero attached hydrogens (tertiary/aromatic N) is 1. The lowest BCUT2D eigenvalue weighted by atomic mass is 10.1. The van der Waals surface area contributed by atoms with Crippen LogP contribution >= 0.6 is 0 Å². The average molecular weight is 232 g/mol. The summed E-state index contributed by atoms with van der Waals surface area (Å²) in [7, 11) is 0. The molecule has 1 aromatic rings. The van der Waals surface area contributed by atoms with Crippen molar-refractivity contribution in [2.75, 3.05) is 0 Å². The highest BCUT2D eigenvalue weighted by molar-refractivity contribution is 5.34. The van der Waals surface area contributed by atoms with Crippen LogP contribution in [0.25, 0.3) is 0 Å². The largest absolute Gasteiger partial charge is 0.573 e. The Bertz CT molecular complexity index is 485. The van der Waals surface area contributed by atoms with E-state index in [1.165, 1.54) is 13.0 Å². The molecule has 0 saturated heterocycles. The summed E-state index contributed by atoms with van der Waals surface area (Å²) in [5, 5.41) is 8.43. The molecular formula is C9H7F3N2O2. The van der Waals surface area contributed by atoms with E-state index >= 15 is 0 Å². The van der Waals surface area contributed by atoms with Gasteiger partial charge < -0.3 is 9.72 Å². The van der Waals surface area contributed by atoms with Gasteiger partial charge in [-0.15, -0.1) is 13.2 Å². The first-order chi connectivity index (χ1) is 7.33. The van der Waals surface area contributed by atoms with Crippen molar-refractivity contribution in [1.29, 1.82) is 5.26 Å². The molecule has 0 aliphatic heterocycles. The normalized spacial score (nSPS) is 10.9. The minimum atomic E-state index is -4.95. The third kappa shape index (κ3) is 3.02. The lowest BCUT2D eigenvalue weighted by Crippen LogP contribution is -2.24. The molecule has 0 aliphatic carbocycles. The van der Waals surface area contributed by atoms with Gasteiger partial charge in [0.25, 0.3) is 5.56 Å². The number of nitrogens with one attached hydrogen (secondary N) is 1. The van der Waals surface area contributed by atoms with Crippen LogP contribution in [0.3, 0.4) is 0 Å². The van der Waals surface area contributed by atoms with E-state index in [0.29, 0.717) is 5.69 Å². The molecule has 0 fully saturated rings. The fourth-order valence-corrected chi connectivity index (χ4v) is 1.19. The quantitative estimate of drug-likeness (QED) is 0.842. The van der Waals surface area contributed by atoms with Gasteiger partial charge in [0.1, 0.15) is 0 Å². The molecule has 0 aliphatic rings. The fourth-order valence-electron chi connectivity index (χ4n) is 1.19. The molecule has 16 heavy (non-hydrogen) atoms. The standard InChI is InChI=1S/C9H7F3N2O2/c1-5-4-6(2-3-13)7(8(15)14-5)16-9(10,11)12/h4H,2H2,1H3,(H,14,15). The number of rotatable bonds is 2. The van der Waals surface area contributed by atoms with Gasteiger partial charge in [0.05, 0.1) is 12.5 Å². The Morgan fingerprint density at radius 3 is 2.69 bits per heavy atom. The Kier molecular flexibility index (Phi) is 3.22. The zero-order valence-electron chi connectivity index (χ0n) is 8.18. The molecule has 0 bridgehead atoms. The number of hydrogen-bond acceptors (Lipinski definition) is 3. The smallest absolute Gasteiger partial charge is 0.400 e. The van der Waals surface area contributed by atoms with E-state index in [4.69, 9.17) is 5.26 Å². The number of nitriles is 1. The van der Waals surface area contributed by atoms with E-state index in [1.807, 2.05) is 0 Å². The van der Waals surface area contributed by atoms with Gasteiger partial charge in [-0.2, -0.15) is 5.26 Å². The lowest BCUT2D eigenvalue weighted by molar-refractivity contribution is -0.275. The maximum Gasteiger partial charge on any atom is 0.573 e. The zero-order chi connectivity index (χ0) is 12.3. The van der Waals surface area contributed by atoms with Crippen molar-refractivity contribution in [3.05, 3.63) is 27.7 Å². The number of alkyl halides is 3. The van der Waals surface area contributed by atoms with Crippen LogP contribution < -0.4 is 10.3 Å². The average Bonchev–Trinajstić information content (AvgIpc) is 2.10. The molecule has 0 aromatic carbocycles. The molecule has 1 rings (SSSR count). The summed E-state index contributed by atoms with van der Waals surface area (Å²) < 4.78 is 39.5. The molecule has 1 N–H and O–H groups in total. The van der Waals surface area contributed by atoms with Gasteiger partial charge in [0.15, 0.2) is 5.75 Å². The van der Waals surface area contributed by atoms with E-state index in [2.05, 4.69) is 9.72 Å². The van der Waals surface area contributed by atoms with E-state index < -0.39 is 17.7 Å². The highest BCUT2D eigenvalue weighted by Crippen LogP contribution is 2.23. The van der Waals surface area contributed by atoms with Crippen molar-refractivity contribution in [2.24, 2.45) is 0 Å². The summed E-state index contributed by atoms with van der Waals surface area (Å²) in [5.74, 6) is -0.875. The second-order valence-electron chi connectivity index (χ2n) is 3.02. The first-order valence-corrected chi connectivity index (χ1v) is 4.19. The van der Waals surface area contributed by atoms with Crippen molar-refractivity contribution in [2.45, 2.75) is 19.7 Å². The predicted octanol–water partition coefficient (Wildman–Crippen LogP) is 1.65. The van der Waals surface area contributed by atoms with Crippen molar-refractivity contribution >= 4 is 0 Å². The van der Waals surface area contributed by atoms with Crippen LogP contribution in [-0.4, -0.2) is 11.3 Å². The molecule has 7 heteroatoms. The summed E-state index contributed by atoms with van der Waals surface area (Å²) in [6.45, 7) is 1.50. The first kappa shape index (κ1) is 12.1. The third-order valence-corrected chi connectivity index (χ3v) is 1.69. The highest BCUT2D eigenvalue weighted by Gasteiger charge is 2.33. The van der Waals surface area contributed by atoms with Crippen LogP contribution in [0.2, 0.25) is 0 Å². The minimum Gasteiger partial charge on any atom is -0.400 e. The fraction of sp³-hybridized carbons (Fsp3) is 0.333. The molecule has 1 heterocycles. The van der Waals surface area contributed by atoms with Gasteiger partial charge in [-0.3, -0.25) is 4.79 Å². The lowest BCUT2D eigenvalue weighted by Gasteiger charge is -2.11. The molecule has 0 atom stereocenters. The Labute approximate surface area is 88.3 Å². The summed E-state index contributed by atoms with van der Waals surface area (Å²) in [6, 6.07) is 2.93. The summed E-state index contributed by atoms with van der Waals surface area (Å²) in [6.07, 6.45) is -5.28. The SMILES string of the molecule is Cc1cc(CC#N)c(OC(F)(F)F)c(=O)[nH]1. The Morgan fingerprint density at radius 2 is 2.19 bits per heavy atom. The van der Waals surface area contributed by atoms with Crippen molar-refractivity contribution in [3.63, 3.8) is 0 Å². The van der Waals surface area contributed by atoms with Gasteiger partial charge in [-0.1, -0.05) is 0 Å². The molecular weight excluding hydrogens is 225 g/mol. The van der Waals surface area contributed by atoms with Crippen LogP contribution in [-0.2, 0) is 6.42 Å². The molecule has 4 nitrogen and oxygen atoms in total. The van der Waals surface area contributed by atoms with E-state index in [0.717, 1.165) is 0 Å². The van der Waals surface area contributed by atoms with Gasteiger partial charge in [-0.05, 0) is 13.0 Å². The number of aromatic nitrogens is 1. The van der Waals surface area contributed by atoms with Crippen LogP contribution in [0.5, 0.6) is 5.75 Å². The number of ether oxygens (including phenoxy) is 1. The Balaban J connectivity index is 3.26. The van der Waals surface area contributed by atoms with Crippen molar-refractivity contribution in [3.8, 4) is 11.8 Å². The van der Waals surface area contributed by atoms with Crippen LogP contribution in [0, 0.1) is 18.3 Å². The van der Waals surface area contributed by atoms with Crippen LogP contribution in [0.15, 0.2) is 10.9 Å². The molecule has 0 unspecified atom stereocenters. The molecule has 0 spiro atoms. The molecule has 0 saturated carbocycles. The predicted molar refractivity (Wildman–Crippen MR) is 47.8 cm³/mol.